The summed E-state index contributed by atoms with van der Waals surface area (Å²) in [5, 5.41) is 8.13. The Bertz CT molecular complexity index is 1740. The van der Waals surface area contributed by atoms with Crippen LogP contribution in [0, 0.1) is 0 Å². The van der Waals surface area contributed by atoms with Gasteiger partial charge in [0, 0.05) is 70.2 Å². The zero-order valence-corrected chi connectivity index (χ0v) is 28.5. The molecule has 49 heavy (non-hydrogen) atoms. The Labute approximate surface area is 304 Å². The largest absolute Gasteiger partial charge is 0.664 e. The molecule has 3 aliphatic heterocycles. The van der Waals surface area contributed by atoms with Gasteiger partial charge in [-0.3, -0.25) is 0 Å². The molecule has 0 saturated heterocycles. The van der Waals surface area contributed by atoms with Crippen LogP contribution in [0.2, 0.25) is 0 Å². The van der Waals surface area contributed by atoms with Crippen LogP contribution in [-0.2, 0) is 22.4 Å². The summed E-state index contributed by atoms with van der Waals surface area (Å²) in [5.74, 6) is 0.250. The minimum Gasteiger partial charge on any atom is -0.664 e. The van der Waals surface area contributed by atoms with Gasteiger partial charge in [-0.25, -0.2) is 0 Å². The topological polar surface area (TPSA) is 52.3 Å². The number of fused-ring (bicyclic) bond motifs is 8. The molecule has 8 atom stereocenters. The number of nitrogens with zero attached hydrogens (tertiary/aromatic N) is 2. The van der Waals surface area contributed by atoms with E-state index < -0.39 is 0 Å². The summed E-state index contributed by atoms with van der Waals surface area (Å²) in [6.45, 7) is 0. The van der Waals surface area contributed by atoms with Crippen molar-refractivity contribution < 1.29 is 22.4 Å². The van der Waals surface area contributed by atoms with Crippen LogP contribution in [0.1, 0.15) is 68.7 Å². The summed E-state index contributed by atoms with van der Waals surface area (Å²) in [6.07, 6.45) is 9.45. The molecule has 0 amide bonds. The summed E-state index contributed by atoms with van der Waals surface area (Å²) >= 11 is 0. The van der Waals surface area contributed by atoms with Crippen LogP contribution in [0.25, 0.3) is 0 Å². The number of rotatable bonds is 4. The fourth-order valence-electron chi connectivity index (χ4n) is 8.35. The number of nitrogens with one attached hydrogen (secondary N) is 2. The van der Waals surface area contributed by atoms with Crippen molar-refractivity contribution in [1.29, 1.82) is 0 Å². The van der Waals surface area contributed by atoms with Gasteiger partial charge in [-0.1, -0.05) is 170 Å². The molecule has 5 heteroatoms. The van der Waals surface area contributed by atoms with E-state index in [0.29, 0.717) is 0 Å². The van der Waals surface area contributed by atoms with Crippen molar-refractivity contribution in [2.75, 3.05) is 0 Å². The van der Waals surface area contributed by atoms with E-state index in [9.17, 15) is 0 Å². The van der Waals surface area contributed by atoms with Crippen LogP contribution in [0.15, 0.2) is 170 Å². The van der Waals surface area contributed by atoms with E-state index in [1.807, 2.05) is 0 Å². The summed E-state index contributed by atoms with van der Waals surface area (Å²) in [5.41, 5.74) is 9.42. The van der Waals surface area contributed by atoms with Crippen molar-refractivity contribution >= 4 is 0 Å². The number of hydrogen-bond acceptors (Lipinski definition) is 2. The molecule has 5 heterocycles. The molecular weight excluding hydrogens is 692 g/mol. The van der Waals surface area contributed by atoms with Gasteiger partial charge in [0.25, 0.3) is 0 Å². The fourth-order valence-corrected chi connectivity index (χ4v) is 8.35. The average Bonchev–Trinajstić information content (AvgIpc) is 3.98. The average molecular weight is 731 g/mol. The maximum Gasteiger partial charge on any atom is 0.0348 e. The van der Waals surface area contributed by atoms with Crippen molar-refractivity contribution in [2.45, 2.75) is 47.8 Å². The monoisotopic (exact) mass is 729 g/mol. The van der Waals surface area contributed by atoms with Gasteiger partial charge in [0.05, 0.1) is 0 Å². The van der Waals surface area contributed by atoms with Gasteiger partial charge in [-0.15, -0.1) is 0 Å². The first kappa shape index (κ1) is 31.8. The van der Waals surface area contributed by atoms with Crippen LogP contribution < -0.4 is 20.6 Å². The third kappa shape index (κ3) is 6.05. The van der Waals surface area contributed by atoms with Gasteiger partial charge >= 0.3 is 0 Å². The zero-order valence-electron chi connectivity index (χ0n) is 27.0. The summed E-state index contributed by atoms with van der Waals surface area (Å²) in [4.78, 5) is 11.0. The van der Waals surface area contributed by atoms with E-state index in [2.05, 4.69) is 181 Å². The Hall–Kier alpha value is -4.42. The van der Waals surface area contributed by atoms with E-state index in [4.69, 9.17) is 9.97 Å². The van der Waals surface area contributed by atoms with Gasteiger partial charge < -0.3 is 20.6 Å². The molecule has 0 saturated carbocycles. The molecule has 3 aliphatic rings. The van der Waals surface area contributed by atoms with Crippen LogP contribution >= 0.6 is 0 Å². The third-order valence-electron chi connectivity index (χ3n) is 10.5. The molecule has 8 unspecified atom stereocenters. The van der Waals surface area contributed by atoms with Crippen LogP contribution in [-0.4, -0.2) is 24.2 Å². The maximum absolute atomic E-state index is 5.50. The molecule has 247 valence electrons. The minimum absolute atomic E-state index is 0. The van der Waals surface area contributed by atoms with Gasteiger partial charge in [-0.2, -0.15) is 22.8 Å². The van der Waals surface area contributed by atoms with Crippen molar-refractivity contribution in [3.63, 3.8) is 0 Å². The summed E-state index contributed by atoms with van der Waals surface area (Å²) < 4.78 is 0. The Morgan fingerprint density at radius 1 is 0.306 bits per heavy atom. The normalized spacial score (nSPS) is 27.1. The molecule has 0 spiro atoms. The standard InChI is InChI=1S/C44H38N4.Ag/c1-5-13-29(14-6-1)41-33-21-23-35(45-33)42(30-15-7-2-8-16-30)37-25-27-39(47-37)44(32-19-11-4-12-20-32)40-28-26-38(48-40)43(31-17-9-3-10-18-31)36-24-22-34(41)46-36;/h1-28,33,35,38,40-45,48H;/q-2;. The second kappa shape index (κ2) is 13.8. The molecule has 1 radical (unpaired) electrons. The van der Waals surface area contributed by atoms with Gasteiger partial charge in [-0.05, 0) is 22.3 Å². The van der Waals surface area contributed by atoms with Crippen LogP contribution in [0.5, 0.6) is 0 Å². The van der Waals surface area contributed by atoms with Gasteiger partial charge in [0.15, 0.2) is 0 Å². The van der Waals surface area contributed by atoms with Crippen molar-refractivity contribution in [3.8, 4) is 0 Å². The number of hydrogen-bond donors (Lipinski definition) is 2. The molecule has 2 aromatic heterocycles. The van der Waals surface area contributed by atoms with Crippen LogP contribution in [0.4, 0.5) is 0 Å². The Morgan fingerprint density at radius 3 is 0.755 bits per heavy atom. The number of benzene rings is 4. The molecule has 8 bridgehead atoms. The Balaban J connectivity index is 0.00000348. The van der Waals surface area contributed by atoms with Crippen molar-refractivity contribution in [3.05, 3.63) is 215 Å². The van der Waals surface area contributed by atoms with E-state index in [-0.39, 0.29) is 70.2 Å². The Morgan fingerprint density at radius 2 is 0.531 bits per heavy atom. The van der Waals surface area contributed by atoms with Gasteiger partial charge in [0.1, 0.15) is 0 Å². The third-order valence-corrected chi connectivity index (χ3v) is 10.5. The second-order valence-corrected chi connectivity index (χ2v) is 13.3. The van der Waals surface area contributed by atoms with E-state index in [1.54, 1.807) is 0 Å². The SMILES string of the molecule is C1=CC2NC1C(c1ccccc1)c1ccc([n-]1)C(c1ccccc1)C1C=CC(N1)C(c1ccccc1)c1ccc([n-]1)C2c1ccccc1.[Ag]. The smallest absolute Gasteiger partial charge is 0.0348 e. The molecule has 0 fully saturated rings. The molecule has 4 nitrogen and oxygen atoms in total. The van der Waals surface area contributed by atoms with E-state index in [0.717, 1.165) is 22.8 Å². The second-order valence-electron chi connectivity index (χ2n) is 13.3. The maximum atomic E-state index is 5.50. The first-order chi connectivity index (χ1) is 23.8. The molecule has 4 aromatic carbocycles. The van der Waals surface area contributed by atoms with Crippen molar-refractivity contribution in [1.82, 2.24) is 20.6 Å². The molecule has 9 rings (SSSR count). The quantitative estimate of drug-likeness (QED) is 0.145. The first-order valence-corrected chi connectivity index (χ1v) is 17.2. The van der Waals surface area contributed by atoms with Gasteiger partial charge in [0.2, 0.25) is 0 Å². The van der Waals surface area contributed by atoms with Crippen molar-refractivity contribution in [2.24, 2.45) is 0 Å². The minimum atomic E-state index is 0. The fraction of sp³-hybridized carbons (Fsp3) is 0.182. The van der Waals surface area contributed by atoms with Crippen LogP contribution in [0.3, 0.4) is 0 Å². The number of aromatic nitrogens is 2. The first-order valence-electron chi connectivity index (χ1n) is 17.2. The zero-order chi connectivity index (χ0) is 31.9. The summed E-state index contributed by atoms with van der Waals surface area (Å²) in [6, 6.07) is 52.7. The predicted molar refractivity (Wildman–Crippen MR) is 192 cm³/mol. The molecular formula is C44H38AgN4-2. The van der Waals surface area contributed by atoms with E-state index in [1.165, 1.54) is 22.3 Å². The predicted octanol–water partition coefficient (Wildman–Crippen LogP) is 7.63. The molecule has 6 aromatic rings. The molecule has 0 aliphatic carbocycles. The Kier molecular flexibility index (Phi) is 8.98. The molecule has 2 N–H and O–H groups in total. The summed E-state index contributed by atoms with van der Waals surface area (Å²) in [7, 11) is 0. The van der Waals surface area contributed by atoms with E-state index >= 15 is 0 Å².